The Labute approximate surface area is 199 Å². The van der Waals surface area contributed by atoms with Gasteiger partial charge in [0.1, 0.15) is 5.82 Å². The lowest BCUT2D eigenvalue weighted by Crippen LogP contribution is -2.41. The van der Waals surface area contributed by atoms with Crippen molar-refractivity contribution in [2.75, 3.05) is 25.2 Å². The first-order chi connectivity index (χ1) is 16.5. The van der Waals surface area contributed by atoms with Gasteiger partial charge in [-0.05, 0) is 46.7 Å². The lowest BCUT2D eigenvalue weighted by atomic mass is 9.98. The standard InChI is InChI=1S/C26H28N8/c1-5-14-33-17-32(4)16-23-26(33)27-25(18(2)3)34(23)15-19-10-12-20(13-11-19)21-8-6-7-9-22(21)24-28-30-31-29-24/h5-13H,1-2,14-17H2,3-4H3,(H,28,29,30,31). The van der Waals surface area contributed by atoms with Crippen molar-refractivity contribution in [3.8, 4) is 22.5 Å². The zero-order valence-electron chi connectivity index (χ0n) is 19.6. The molecule has 0 saturated heterocycles. The average molecular weight is 453 g/mol. The van der Waals surface area contributed by atoms with Gasteiger partial charge in [-0.2, -0.15) is 0 Å². The van der Waals surface area contributed by atoms with Crippen molar-refractivity contribution in [3.05, 3.63) is 84.8 Å². The van der Waals surface area contributed by atoms with Crippen LogP contribution in [-0.4, -0.2) is 55.3 Å². The first kappa shape index (κ1) is 21.8. The Morgan fingerprint density at radius 3 is 2.56 bits per heavy atom. The van der Waals surface area contributed by atoms with Gasteiger partial charge in [-0.3, -0.25) is 4.90 Å². The molecule has 0 radical (unpaired) electrons. The number of imidazole rings is 1. The van der Waals surface area contributed by atoms with Crippen molar-refractivity contribution in [2.45, 2.75) is 20.0 Å². The molecule has 1 aliphatic rings. The van der Waals surface area contributed by atoms with Crippen LogP contribution in [0.15, 0.2) is 67.8 Å². The van der Waals surface area contributed by atoms with E-state index in [1.165, 1.54) is 11.3 Å². The first-order valence-corrected chi connectivity index (χ1v) is 11.3. The second-order valence-electron chi connectivity index (χ2n) is 8.73. The van der Waals surface area contributed by atoms with E-state index < -0.39 is 0 Å². The zero-order chi connectivity index (χ0) is 23.7. The highest BCUT2D eigenvalue weighted by Gasteiger charge is 2.27. The number of benzene rings is 2. The van der Waals surface area contributed by atoms with Gasteiger partial charge in [-0.25, -0.2) is 10.1 Å². The van der Waals surface area contributed by atoms with Crippen molar-refractivity contribution in [1.82, 2.24) is 35.1 Å². The zero-order valence-corrected chi connectivity index (χ0v) is 19.6. The number of hydrogen-bond donors (Lipinski definition) is 1. The van der Waals surface area contributed by atoms with Gasteiger partial charge in [0, 0.05) is 25.2 Å². The summed E-state index contributed by atoms with van der Waals surface area (Å²) in [6.45, 7) is 13.3. The first-order valence-electron chi connectivity index (χ1n) is 11.3. The molecule has 1 N–H and O–H groups in total. The number of aromatic amines is 1. The van der Waals surface area contributed by atoms with Gasteiger partial charge >= 0.3 is 0 Å². The van der Waals surface area contributed by atoms with Crippen LogP contribution < -0.4 is 4.90 Å². The number of hydrogen-bond acceptors (Lipinski definition) is 6. The van der Waals surface area contributed by atoms with Gasteiger partial charge in [-0.15, -0.1) is 11.7 Å². The van der Waals surface area contributed by atoms with Crippen LogP contribution in [0.2, 0.25) is 0 Å². The highest BCUT2D eigenvalue weighted by Crippen LogP contribution is 2.32. The molecule has 1 aliphatic heterocycles. The van der Waals surface area contributed by atoms with Gasteiger partial charge < -0.3 is 9.47 Å². The summed E-state index contributed by atoms with van der Waals surface area (Å²) in [5.41, 5.74) is 6.53. The Morgan fingerprint density at radius 1 is 1.12 bits per heavy atom. The van der Waals surface area contributed by atoms with E-state index in [2.05, 4.69) is 85.5 Å². The van der Waals surface area contributed by atoms with E-state index in [0.29, 0.717) is 5.82 Å². The number of aromatic nitrogens is 6. The molecular formula is C26H28N8. The highest BCUT2D eigenvalue weighted by molar-refractivity contribution is 5.80. The maximum absolute atomic E-state index is 4.98. The van der Waals surface area contributed by atoms with Gasteiger partial charge in [0.15, 0.2) is 11.6 Å². The molecule has 0 unspecified atom stereocenters. The van der Waals surface area contributed by atoms with Crippen molar-refractivity contribution in [2.24, 2.45) is 0 Å². The van der Waals surface area contributed by atoms with Gasteiger partial charge in [0.2, 0.25) is 0 Å². The monoisotopic (exact) mass is 452 g/mol. The van der Waals surface area contributed by atoms with Crippen LogP contribution in [0, 0.1) is 0 Å². The predicted octanol–water partition coefficient (Wildman–Crippen LogP) is 4.21. The van der Waals surface area contributed by atoms with Gasteiger partial charge in [-0.1, -0.05) is 61.2 Å². The third kappa shape index (κ3) is 4.04. The lowest BCUT2D eigenvalue weighted by molar-refractivity contribution is 0.302. The number of fused-ring (bicyclic) bond motifs is 1. The van der Waals surface area contributed by atoms with E-state index in [1.807, 2.05) is 31.2 Å². The number of nitrogens with zero attached hydrogens (tertiary/aromatic N) is 7. The smallest absolute Gasteiger partial charge is 0.180 e. The molecule has 0 saturated carbocycles. The summed E-state index contributed by atoms with van der Waals surface area (Å²) >= 11 is 0. The molecule has 0 spiro atoms. The second kappa shape index (κ2) is 9.07. The predicted molar refractivity (Wildman–Crippen MR) is 135 cm³/mol. The molecule has 8 nitrogen and oxygen atoms in total. The minimum Gasteiger partial charge on any atom is -0.338 e. The number of rotatable bonds is 7. The van der Waals surface area contributed by atoms with E-state index in [1.54, 1.807) is 0 Å². The lowest BCUT2D eigenvalue weighted by Gasteiger charge is -2.33. The normalized spacial score (nSPS) is 13.6. The minimum absolute atomic E-state index is 0.656. The molecular weight excluding hydrogens is 424 g/mol. The topological polar surface area (TPSA) is 78.8 Å². The van der Waals surface area contributed by atoms with Crippen molar-refractivity contribution >= 4 is 11.4 Å². The Morgan fingerprint density at radius 2 is 1.88 bits per heavy atom. The molecule has 5 rings (SSSR count). The molecule has 172 valence electrons. The number of allylic oxidation sites excluding steroid dienone is 1. The Balaban J connectivity index is 1.48. The maximum atomic E-state index is 4.98. The maximum Gasteiger partial charge on any atom is 0.180 e. The molecule has 0 fully saturated rings. The fraction of sp³-hybridized carbons (Fsp3) is 0.231. The van der Waals surface area contributed by atoms with Crippen LogP contribution in [0.3, 0.4) is 0 Å². The number of H-pyrrole nitrogens is 1. The fourth-order valence-electron chi connectivity index (χ4n) is 4.53. The highest BCUT2D eigenvalue weighted by atomic mass is 15.5. The summed E-state index contributed by atoms with van der Waals surface area (Å²) in [7, 11) is 2.13. The van der Waals surface area contributed by atoms with Crippen LogP contribution in [0.1, 0.15) is 24.0 Å². The van der Waals surface area contributed by atoms with E-state index in [9.17, 15) is 0 Å². The number of nitrogens with one attached hydrogen (secondary N) is 1. The van der Waals surface area contributed by atoms with Crippen LogP contribution >= 0.6 is 0 Å². The molecule has 2 aromatic carbocycles. The fourth-order valence-corrected chi connectivity index (χ4v) is 4.53. The van der Waals surface area contributed by atoms with Crippen LogP contribution in [-0.2, 0) is 13.1 Å². The van der Waals surface area contributed by atoms with Crippen LogP contribution in [0.4, 0.5) is 5.82 Å². The summed E-state index contributed by atoms with van der Waals surface area (Å²) < 4.78 is 2.30. The third-order valence-corrected chi connectivity index (χ3v) is 6.05. The largest absolute Gasteiger partial charge is 0.338 e. The molecule has 4 aromatic rings. The van der Waals surface area contributed by atoms with E-state index in [4.69, 9.17) is 4.98 Å². The average Bonchev–Trinajstić information content (AvgIpc) is 3.49. The summed E-state index contributed by atoms with van der Waals surface area (Å²) in [6.07, 6.45) is 1.92. The Hall–Kier alpha value is -4.04. The van der Waals surface area contributed by atoms with Gasteiger partial charge in [0.05, 0.1) is 12.4 Å². The van der Waals surface area contributed by atoms with Crippen molar-refractivity contribution in [3.63, 3.8) is 0 Å². The SMILES string of the molecule is C=CCN1CN(C)Cc2c1nc(C(=C)C)n2Cc1ccc(-c2ccccc2-c2nnn[nH]2)cc1. The number of tetrazole rings is 1. The second-order valence-corrected chi connectivity index (χ2v) is 8.73. The Bertz CT molecular complexity index is 1320. The van der Waals surface area contributed by atoms with Gasteiger partial charge in [0.25, 0.3) is 0 Å². The summed E-state index contributed by atoms with van der Waals surface area (Å²) in [5, 5.41) is 14.4. The van der Waals surface area contributed by atoms with Crippen molar-refractivity contribution in [1.29, 1.82) is 0 Å². The molecule has 2 aromatic heterocycles. The molecule has 0 bridgehead atoms. The quantitative estimate of drug-likeness (QED) is 0.423. The summed E-state index contributed by atoms with van der Waals surface area (Å²) in [4.78, 5) is 9.53. The Kier molecular flexibility index (Phi) is 5.81. The van der Waals surface area contributed by atoms with E-state index in [-0.39, 0.29) is 0 Å². The van der Waals surface area contributed by atoms with E-state index in [0.717, 1.165) is 60.2 Å². The molecule has 3 heterocycles. The molecule has 0 aliphatic carbocycles. The van der Waals surface area contributed by atoms with E-state index >= 15 is 0 Å². The molecule has 8 heteroatoms. The summed E-state index contributed by atoms with van der Waals surface area (Å²) in [5.74, 6) is 2.62. The minimum atomic E-state index is 0.656. The summed E-state index contributed by atoms with van der Waals surface area (Å²) in [6, 6.07) is 16.8. The molecule has 34 heavy (non-hydrogen) atoms. The molecule has 0 atom stereocenters. The number of anilines is 1. The molecule has 0 amide bonds. The van der Waals surface area contributed by atoms with Crippen LogP contribution in [0.5, 0.6) is 0 Å². The van der Waals surface area contributed by atoms with Crippen molar-refractivity contribution < 1.29 is 0 Å². The van der Waals surface area contributed by atoms with Crippen LogP contribution in [0.25, 0.3) is 28.1 Å². The third-order valence-electron chi connectivity index (χ3n) is 6.05.